The summed E-state index contributed by atoms with van der Waals surface area (Å²) in [7, 11) is 0. The van der Waals surface area contributed by atoms with Crippen LogP contribution in [-0.4, -0.2) is 24.1 Å². The molecule has 0 fully saturated rings. The summed E-state index contributed by atoms with van der Waals surface area (Å²) < 4.78 is 0. The number of hydrogen-bond donors (Lipinski definition) is 2. The molecule has 0 aromatic heterocycles. The molecule has 3 N–H and O–H groups in total. The molecule has 0 bridgehead atoms. The summed E-state index contributed by atoms with van der Waals surface area (Å²) in [5, 5.41) is 2.34. The van der Waals surface area contributed by atoms with Crippen LogP contribution >= 0.6 is 0 Å². The van der Waals surface area contributed by atoms with Crippen molar-refractivity contribution in [2.45, 2.75) is 25.8 Å². The highest BCUT2D eigenvalue weighted by Gasteiger charge is 2.14. The van der Waals surface area contributed by atoms with Crippen LogP contribution in [0, 0.1) is 0 Å². The summed E-state index contributed by atoms with van der Waals surface area (Å²) in [6.07, 6.45) is 1.16. The molecule has 0 aliphatic carbocycles. The fourth-order valence-electron chi connectivity index (χ4n) is 0.766. The maximum atomic E-state index is 10.6. The topological polar surface area (TPSA) is 89.3 Å². The first-order valence-corrected chi connectivity index (χ1v) is 3.58. The lowest BCUT2D eigenvalue weighted by molar-refractivity contribution is -0.126. The van der Waals surface area contributed by atoms with Crippen molar-refractivity contribution >= 4 is 18.1 Å². The van der Waals surface area contributed by atoms with E-state index in [-0.39, 0.29) is 18.7 Å². The first-order valence-electron chi connectivity index (χ1n) is 3.58. The molecular weight excluding hydrogens is 160 g/mol. The molecule has 0 spiro atoms. The molecule has 0 aliphatic heterocycles. The highest BCUT2D eigenvalue weighted by molar-refractivity contribution is 5.85. The Hall–Kier alpha value is -1.39. The minimum Gasteiger partial charge on any atom is -0.368 e. The van der Waals surface area contributed by atoms with Gasteiger partial charge in [-0.05, 0) is 6.42 Å². The summed E-state index contributed by atoms with van der Waals surface area (Å²) in [6.45, 7) is 1.29. The van der Waals surface area contributed by atoms with Crippen LogP contribution in [0.4, 0.5) is 0 Å². The van der Waals surface area contributed by atoms with Crippen molar-refractivity contribution in [1.29, 1.82) is 0 Å². The van der Waals surface area contributed by atoms with E-state index in [1.807, 2.05) is 0 Å². The maximum Gasteiger partial charge on any atom is 0.240 e. The zero-order valence-corrected chi connectivity index (χ0v) is 6.87. The molecule has 0 aromatic rings. The van der Waals surface area contributed by atoms with E-state index in [4.69, 9.17) is 5.73 Å². The quantitative estimate of drug-likeness (QED) is 0.519. The lowest BCUT2D eigenvalue weighted by Crippen LogP contribution is -2.43. The van der Waals surface area contributed by atoms with Gasteiger partial charge in [-0.15, -0.1) is 0 Å². The fraction of sp³-hybridized carbons (Fsp3) is 0.571. The third kappa shape index (κ3) is 4.43. The number of nitrogens with one attached hydrogen (secondary N) is 1. The van der Waals surface area contributed by atoms with Crippen molar-refractivity contribution in [3.63, 3.8) is 0 Å². The van der Waals surface area contributed by atoms with Crippen molar-refractivity contribution in [3.8, 4) is 0 Å². The van der Waals surface area contributed by atoms with Crippen molar-refractivity contribution in [3.05, 3.63) is 0 Å². The van der Waals surface area contributed by atoms with Crippen LogP contribution in [0.25, 0.3) is 0 Å². The minimum absolute atomic E-state index is 0.216. The van der Waals surface area contributed by atoms with E-state index >= 15 is 0 Å². The summed E-state index contributed by atoms with van der Waals surface area (Å²) in [5.41, 5.74) is 4.96. The highest BCUT2D eigenvalue weighted by atomic mass is 16.2. The molecule has 0 aliphatic rings. The molecule has 12 heavy (non-hydrogen) atoms. The van der Waals surface area contributed by atoms with Crippen molar-refractivity contribution in [2.24, 2.45) is 5.73 Å². The molecule has 5 nitrogen and oxygen atoms in total. The van der Waals surface area contributed by atoms with E-state index in [1.165, 1.54) is 6.92 Å². The van der Waals surface area contributed by atoms with E-state index in [0.29, 0.717) is 6.29 Å². The van der Waals surface area contributed by atoms with Gasteiger partial charge in [0.1, 0.15) is 12.3 Å². The Morgan fingerprint density at radius 3 is 2.50 bits per heavy atom. The van der Waals surface area contributed by atoms with Crippen LogP contribution in [0.2, 0.25) is 0 Å². The Morgan fingerprint density at radius 1 is 1.58 bits per heavy atom. The van der Waals surface area contributed by atoms with Gasteiger partial charge in [-0.1, -0.05) is 0 Å². The number of carbonyl (C=O) groups is 3. The third-order valence-electron chi connectivity index (χ3n) is 1.29. The first kappa shape index (κ1) is 10.6. The number of aldehydes is 1. The summed E-state index contributed by atoms with van der Waals surface area (Å²) >= 11 is 0. The van der Waals surface area contributed by atoms with Gasteiger partial charge in [0, 0.05) is 13.3 Å². The number of primary amides is 1. The first-order chi connectivity index (χ1) is 5.57. The molecule has 2 amide bonds. The van der Waals surface area contributed by atoms with Crippen LogP contribution in [0.3, 0.4) is 0 Å². The van der Waals surface area contributed by atoms with Crippen LogP contribution in [0.1, 0.15) is 19.8 Å². The average Bonchev–Trinajstić information content (AvgIpc) is 1.96. The molecule has 0 aromatic carbocycles. The normalized spacial score (nSPS) is 11.8. The maximum absolute atomic E-state index is 10.6. The second-order valence-electron chi connectivity index (χ2n) is 2.40. The van der Waals surface area contributed by atoms with Gasteiger partial charge >= 0.3 is 0 Å². The van der Waals surface area contributed by atoms with E-state index in [1.54, 1.807) is 0 Å². The number of hydrogen-bond acceptors (Lipinski definition) is 3. The summed E-state index contributed by atoms with van der Waals surface area (Å²) in [4.78, 5) is 31.1. The molecule has 0 heterocycles. The van der Waals surface area contributed by atoms with Crippen LogP contribution in [-0.2, 0) is 14.4 Å². The van der Waals surface area contributed by atoms with E-state index < -0.39 is 11.9 Å². The number of nitrogens with two attached hydrogens (primary N) is 1. The Labute approximate surface area is 70.3 Å². The SMILES string of the molecule is CC(=O)NC(CCC=O)C(N)=O. The van der Waals surface area contributed by atoms with Gasteiger partial charge < -0.3 is 15.8 Å². The van der Waals surface area contributed by atoms with Crippen molar-refractivity contribution < 1.29 is 14.4 Å². The zero-order chi connectivity index (χ0) is 9.56. The van der Waals surface area contributed by atoms with E-state index in [2.05, 4.69) is 5.32 Å². The van der Waals surface area contributed by atoms with Gasteiger partial charge in [-0.25, -0.2) is 0 Å². The van der Waals surface area contributed by atoms with Gasteiger partial charge in [0.25, 0.3) is 0 Å². The Morgan fingerprint density at radius 2 is 2.17 bits per heavy atom. The molecule has 68 valence electrons. The molecule has 0 radical (unpaired) electrons. The monoisotopic (exact) mass is 172 g/mol. The summed E-state index contributed by atoms with van der Waals surface area (Å²) in [6, 6.07) is -0.729. The van der Waals surface area contributed by atoms with E-state index in [0.717, 1.165) is 0 Å². The Kier molecular flexibility index (Phi) is 4.67. The standard InChI is InChI=1S/C7H12N2O3/c1-5(11)9-6(7(8)12)3-2-4-10/h4,6H,2-3H2,1H3,(H2,8,12)(H,9,11). The second kappa shape index (κ2) is 5.29. The van der Waals surface area contributed by atoms with Crippen LogP contribution in [0.15, 0.2) is 0 Å². The van der Waals surface area contributed by atoms with E-state index in [9.17, 15) is 14.4 Å². The van der Waals surface area contributed by atoms with Crippen molar-refractivity contribution in [1.82, 2.24) is 5.32 Å². The minimum atomic E-state index is -0.729. The highest BCUT2D eigenvalue weighted by Crippen LogP contribution is 1.93. The molecule has 1 unspecified atom stereocenters. The van der Waals surface area contributed by atoms with Gasteiger partial charge in [-0.3, -0.25) is 9.59 Å². The van der Waals surface area contributed by atoms with Crippen LogP contribution in [0.5, 0.6) is 0 Å². The van der Waals surface area contributed by atoms with Crippen molar-refractivity contribution in [2.75, 3.05) is 0 Å². The second-order valence-corrected chi connectivity index (χ2v) is 2.40. The number of amides is 2. The van der Waals surface area contributed by atoms with Gasteiger partial charge in [-0.2, -0.15) is 0 Å². The molecule has 0 saturated carbocycles. The molecule has 5 heteroatoms. The molecule has 1 atom stereocenters. The lowest BCUT2D eigenvalue weighted by Gasteiger charge is -2.11. The molecule has 0 rings (SSSR count). The largest absolute Gasteiger partial charge is 0.368 e. The third-order valence-corrected chi connectivity index (χ3v) is 1.29. The zero-order valence-electron chi connectivity index (χ0n) is 6.87. The fourth-order valence-corrected chi connectivity index (χ4v) is 0.766. The number of rotatable bonds is 5. The van der Waals surface area contributed by atoms with Crippen LogP contribution < -0.4 is 11.1 Å². The Balaban J connectivity index is 3.94. The predicted molar refractivity (Wildman–Crippen MR) is 42.1 cm³/mol. The summed E-state index contributed by atoms with van der Waals surface area (Å²) in [5.74, 6) is -0.947. The predicted octanol–water partition coefficient (Wildman–Crippen LogP) is -1.04. The smallest absolute Gasteiger partial charge is 0.240 e. The van der Waals surface area contributed by atoms with Gasteiger partial charge in [0.2, 0.25) is 11.8 Å². The van der Waals surface area contributed by atoms with Gasteiger partial charge in [0.15, 0.2) is 0 Å². The average molecular weight is 172 g/mol. The van der Waals surface area contributed by atoms with Gasteiger partial charge in [0.05, 0.1) is 0 Å². The molecular formula is C7H12N2O3. The Bertz CT molecular complexity index is 191. The lowest BCUT2D eigenvalue weighted by atomic mass is 10.1. The number of carbonyl (C=O) groups excluding carboxylic acids is 3. The molecule has 0 saturated heterocycles.